The topological polar surface area (TPSA) is 157 Å². The molecular formula is C33H37N5O5S. The van der Waals surface area contributed by atoms with E-state index in [2.05, 4.69) is 21.8 Å². The minimum atomic E-state index is -4.19. The zero-order valence-electron chi connectivity index (χ0n) is 24.6. The van der Waals surface area contributed by atoms with Crippen LogP contribution in [0.25, 0.3) is 0 Å². The normalized spacial score (nSPS) is 17.8. The third kappa shape index (κ3) is 7.24. The molecule has 44 heavy (non-hydrogen) atoms. The van der Waals surface area contributed by atoms with Crippen molar-refractivity contribution in [2.75, 3.05) is 13.1 Å². The van der Waals surface area contributed by atoms with Gasteiger partial charge in [-0.25, -0.2) is 13.2 Å². The Bertz CT molecular complexity index is 1710. The van der Waals surface area contributed by atoms with E-state index in [1.165, 1.54) is 10.5 Å². The molecule has 1 amide bonds. The van der Waals surface area contributed by atoms with E-state index in [1.807, 2.05) is 31.2 Å². The highest BCUT2D eigenvalue weighted by atomic mass is 32.2. The Morgan fingerprint density at radius 3 is 2.52 bits per heavy atom. The smallest absolute Gasteiger partial charge is 0.326 e. The zero-order chi connectivity index (χ0) is 31.4. The van der Waals surface area contributed by atoms with E-state index >= 15 is 0 Å². The Labute approximate surface area is 257 Å². The predicted molar refractivity (Wildman–Crippen MR) is 167 cm³/mol. The number of aliphatic carboxylic acids is 1. The Hall–Kier alpha value is -4.32. The second kappa shape index (κ2) is 13.1. The lowest BCUT2D eigenvalue weighted by molar-refractivity contribution is -0.150. The summed E-state index contributed by atoms with van der Waals surface area (Å²) in [6, 6.07) is 19.4. The predicted octanol–water partition coefficient (Wildman–Crippen LogP) is 3.05. The van der Waals surface area contributed by atoms with Crippen LogP contribution in [0.15, 0.2) is 89.3 Å². The highest BCUT2D eigenvalue weighted by Crippen LogP contribution is 2.25. The molecule has 0 saturated carbocycles. The number of carbonyl (C=O) groups excluding carboxylic acids is 1. The number of hydrogen-bond donors (Lipinski definition) is 4. The van der Waals surface area contributed by atoms with E-state index in [1.54, 1.807) is 42.5 Å². The monoisotopic (exact) mass is 615 g/mol. The fourth-order valence-electron chi connectivity index (χ4n) is 5.82. The lowest BCUT2D eigenvalue weighted by Gasteiger charge is -2.34. The number of nitrogens with two attached hydrogens (primary N) is 1. The third-order valence-electron chi connectivity index (χ3n) is 8.20. The van der Waals surface area contributed by atoms with Gasteiger partial charge in [-0.05, 0) is 66.6 Å². The van der Waals surface area contributed by atoms with Crippen molar-refractivity contribution in [2.24, 2.45) is 5.73 Å². The van der Waals surface area contributed by atoms with Gasteiger partial charge in [-0.1, -0.05) is 66.2 Å². The van der Waals surface area contributed by atoms with Gasteiger partial charge in [-0.15, -0.1) is 0 Å². The molecule has 5 N–H and O–H groups in total. The van der Waals surface area contributed by atoms with Crippen molar-refractivity contribution in [2.45, 2.75) is 56.3 Å². The number of sulfonamides is 1. The number of amidine groups is 1. The second-order valence-corrected chi connectivity index (χ2v) is 13.2. The molecule has 0 spiro atoms. The van der Waals surface area contributed by atoms with Gasteiger partial charge in [0.1, 0.15) is 17.9 Å². The summed E-state index contributed by atoms with van der Waals surface area (Å²) in [5.41, 5.74) is 10.7. The van der Waals surface area contributed by atoms with Crippen LogP contribution in [-0.4, -0.2) is 66.2 Å². The number of carboxylic acids is 1. The van der Waals surface area contributed by atoms with Gasteiger partial charge in [-0.3, -0.25) is 15.1 Å². The molecule has 0 unspecified atom stereocenters. The number of nitrogens with zero attached hydrogens (tertiary/aromatic N) is 2. The van der Waals surface area contributed by atoms with E-state index < -0.39 is 34.0 Å². The SMILES string of the molecule is CC1=CCN(C(=O)[C@H](Cc2cccc(C(=N)N)c2)NS(=O)(=O)c2ccc3c(c2)CN(Cc2ccccc2)CC3)[C@@H](C(=O)O)C1. The van der Waals surface area contributed by atoms with Crippen molar-refractivity contribution in [3.8, 4) is 0 Å². The first-order valence-electron chi connectivity index (χ1n) is 14.5. The number of carboxylic acid groups (broad SMARTS) is 1. The van der Waals surface area contributed by atoms with Crippen molar-refractivity contribution in [3.05, 3.63) is 112 Å². The van der Waals surface area contributed by atoms with Crippen LogP contribution in [0, 0.1) is 5.41 Å². The first-order valence-corrected chi connectivity index (χ1v) is 16.0. The van der Waals surface area contributed by atoms with Gasteiger partial charge in [0.05, 0.1) is 4.90 Å². The highest BCUT2D eigenvalue weighted by Gasteiger charge is 2.37. The summed E-state index contributed by atoms with van der Waals surface area (Å²) in [4.78, 5) is 29.6. The largest absolute Gasteiger partial charge is 0.480 e. The molecule has 0 fully saturated rings. The van der Waals surface area contributed by atoms with Crippen LogP contribution in [0.3, 0.4) is 0 Å². The van der Waals surface area contributed by atoms with Crippen molar-refractivity contribution in [3.63, 3.8) is 0 Å². The molecule has 5 rings (SSSR count). The minimum Gasteiger partial charge on any atom is -0.480 e. The van der Waals surface area contributed by atoms with Gasteiger partial charge < -0.3 is 15.7 Å². The van der Waals surface area contributed by atoms with Crippen molar-refractivity contribution >= 4 is 27.7 Å². The van der Waals surface area contributed by atoms with Crippen molar-refractivity contribution in [1.82, 2.24) is 14.5 Å². The van der Waals surface area contributed by atoms with Gasteiger partial charge in [0.25, 0.3) is 0 Å². The molecule has 3 aromatic carbocycles. The Morgan fingerprint density at radius 1 is 1.05 bits per heavy atom. The Morgan fingerprint density at radius 2 is 1.80 bits per heavy atom. The molecule has 3 aromatic rings. The Kier molecular flexibility index (Phi) is 9.28. The summed E-state index contributed by atoms with van der Waals surface area (Å²) < 4.78 is 30.3. The molecule has 2 heterocycles. The van der Waals surface area contributed by atoms with Crippen molar-refractivity contribution in [1.29, 1.82) is 5.41 Å². The fraction of sp³-hybridized carbons (Fsp3) is 0.303. The van der Waals surface area contributed by atoms with E-state index in [0.717, 1.165) is 36.2 Å². The Balaban J connectivity index is 1.42. The number of nitrogen functional groups attached to an aromatic ring is 1. The third-order valence-corrected chi connectivity index (χ3v) is 9.67. The van der Waals surface area contributed by atoms with Crippen LogP contribution in [0.1, 0.15) is 41.2 Å². The van der Waals surface area contributed by atoms with Crippen molar-refractivity contribution < 1.29 is 23.1 Å². The maximum absolute atomic E-state index is 13.9. The van der Waals surface area contributed by atoms with Crippen LogP contribution in [0.4, 0.5) is 0 Å². The number of amides is 1. The van der Waals surface area contributed by atoms with Gasteiger partial charge in [0.15, 0.2) is 0 Å². The molecule has 2 aliphatic rings. The molecule has 2 aliphatic heterocycles. The number of benzene rings is 3. The first-order chi connectivity index (χ1) is 21.0. The lowest BCUT2D eigenvalue weighted by Crippen LogP contribution is -2.55. The molecule has 0 bridgehead atoms. The van der Waals surface area contributed by atoms with E-state index in [0.29, 0.717) is 17.7 Å². The van der Waals surface area contributed by atoms with Crippen LogP contribution >= 0.6 is 0 Å². The molecule has 0 saturated heterocycles. The number of carbonyl (C=O) groups is 2. The summed E-state index contributed by atoms with van der Waals surface area (Å²) in [5.74, 6) is -1.95. The highest BCUT2D eigenvalue weighted by molar-refractivity contribution is 7.89. The minimum absolute atomic E-state index is 0.0391. The fourth-order valence-corrected chi connectivity index (χ4v) is 7.06. The molecule has 11 heteroatoms. The first kappa shape index (κ1) is 31.1. The molecule has 10 nitrogen and oxygen atoms in total. The molecule has 0 aromatic heterocycles. The molecule has 2 atom stereocenters. The van der Waals surface area contributed by atoms with Gasteiger partial charge in [-0.2, -0.15) is 4.72 Å². The van der Waals surface area contributed by atoms with Crippen LogP contribution in [0.2, 0.25) is 0 Å². The average molecular weight is 616 g/mol. The van der Waals surface area contributed by atoms with Gasteiger partial charge in [0.2, 0.25) is 15.9 Å². The maximum Gasteiger partial charge on any atom is 0.326 e. The average Bonchev–Trinajstić information content (AvgIpc) is 3.00. The number of nitrogens with one attached hydrogen (secondary N) is 2. The quantitative estimate of drug-likeness (QED) is 0.155. The zero-order valence-corrected chi connectivity index (χ0v) is 25.4. The molecule has 0 aliphatic carbocycles. The number of hydrogen-bond acceptors (Lipinski definition) is 6. The molecule has 0 radical (unpaired) electrons. The van der Waals surface area contributed by atoms with Crippen LogP contribution < -0.4 is 10.5 Å². The summed E-state index contributed by atoms with van der Waals surface area (Å²) >= 11 is 0. The van der Waals surface area contributed by atoms with E-state index in [-0.39, 0.29) is 30.1 Å². The number of rotatable bonds is 10. The van der Waals surface area contributed by atoms with Gasteiger partial charge >= 0.3 is 5.97 Å². The van der Waals surface area contributed by atoms with Crippen LogP contribution in [-0.2, 0) is 45.5 Å². The summed E-state index contributed by atoms with van der Waals surface area (Å²) in [5, 5.41) is 17.7. The lowest BCUT2D eigenvalue weighted by atomic mass is 9.98. The summed E-state index contributed by atoms with van der Waals surface area (Å²) in [6.45, 7) is 4.07. The standard InChI is InChI=1S/C33H37N5O5S/c1-22-12-15-38(30(16-22)33(40)41)32(39)29(18-24-8-5-9-26(17-24)31(34)35)36-44(42,43)28-11-10-25-13-14-37(21-27(25)19-28)20-23-6-3-2-4-7-23/h2-12,17,19,29-30,36H,13-16,18,20-21H2,1H3,(H3,34,35)(H,40,41)/t29-,30+/m0/s1. The van der Waals surface area contributed by atoms with Crippen LogP contribution in [0.5, 0.6) is 0 Å². The molecule has 230 valence electrons. The second-order valence-electron chi connectivity index (χ2n) is 11.5. The maximum atomic E-state index is 13.9. The van der Waals surface area contributed by atoms with Gasteiger partial charge in [0, 0.05) is 31.7 Å². The van der Waals surface area contributed by atoms with E-state index in [9.17, 15) is 23.1 Å². The van der Waals surface area contributed by atoms with E-state index in [4.69, 9.17) is 11.1 Å². The number of fused-ring (bicyclic) bond motifs is 1. The molecular weight excluding hydrogens is 578 g/mol. The summed E-state index contributed by atoms with van der Waals surface area (Å²) in [7, 11) is -4.19. The summed E-state index contributed by atoms with van der Waals surface area (Å²) in [6.07, 6.45) is 2.68.